The fraction of sp³-hybridized carbons (Fsp3) is 0.667. The van der Waals surface area contributed by atoms with Crippen molar-refractivity contribution in [2.24, 2.45) is 5.92 Å². The average Bonchev–Trinajstić information content (AvgIpc) is 2.61. The minimum Gasteiger partial charge on any atom is -0.373 e. The molecule has 1 aromatic rings. The smallest absolute Gasteiger partial charge is 0.228 e. The van der Waals surface area contributed by atoms with Crippen LogP contribution in [0.25, 0.3) is 0 Å². The molecule has 5 nitrogen and oxygen atoms in total. The number of rotatable bonds is 3. The van der Waals surface area contributed by atoms with Gasteiger partial charge in [-0.05, 0) is 33.6 Å². The Hall–Kier alpha value is -1.36. The van der Waals surface area contributed by atoms with E-state index in [1.165, 1.54) is 0 Å². The Morgan fingerprint density at radius 1 is 1.53 bits per heavy atom. The lowest BCUT2D eigenvalue weighted by Gasteiger charge is -2.38. The first-order valence-electron chi connectivity index (χ1n) is 5.92. The number of carbonyl (C=O) groups excluding carboxylic acids is 1. The molecule has 94 valence electrons. The summed E-state index contributed by atoms with van der Waals surface area (Å²) in [7, 11) is 0. The number of ether oxygens (including phenoxy) is 1. The van der Waals surface area contributed by atoms with Crippen molar-refractivity contribution >= 4 is 11.7 Å². The number of hydrogen-bond acceptors (Lipinski definition) is 3. The van der Waals surface area contributed by atoms with Gasteiger partial charge in [0.1, 0.15) is 5.82 Å². The first-order chi connectivity index (χ1) is 7.94. The largest absolute Gasteiger partial charge is 0.373 e. The Morgan fingerprint density at radius 3 is 2.76 bits per heavy atom. The van der Waals surface area contributed by atoms with Crippen LogP contribution in [0, 0.1) is 5.92 Å². The van der Waals surface area contributed by atoms with Gasteiger partial charge in [0, 0.05) is 12.0 Å². The van der Waals surface area contributed by atoms with E-state index in [4.69, 9.17) is 4.74 Å². The summed E-state index contributed by atoms with van der Waals surface area (Å²) in [5, 5.41) is 9.28. The van der Waals surface area contributed by atoms with E-state index in [1.807, 2.05) is 20.8 Å². The molecule has 2 N–H and O–H groups in total. The van der Waals surface area contributed by atoms with E-state index in [2.05, 4.69) is 15.5 Å². The summed E-state index contributed by atoms with van der Waals surface area (Å²) in [6.45, 7) is 6.10. The summed E-state index contributed by atoms with van der Waals surface area (Å²) in [4.78, 5) is 11.8. The molecule has 0 saturated heterocycles. The first kappa shape index (κ1) is 12.1. The predicted molar refractivity (Wildman–Crippen MR) is 64.6 cm³/mol. The Kier molecular flexibility index (Phi) is 3.19. The molecule has 5 heteroatoms. The average molecular weight is 237 g/mol. The number of amides is 1. The van der Waals surface area contributed by atoms with Crippen molar-refractivity contribution in [3.63, 3.8) is 0 Å². The van der Waals surface area contributed by atoms with Crippen molar-refractivity contribution in [2.45, 2.75) is 45.3 Å². The molecule has 1 saturated carbocycles. The minimum atomic E-state index is -0.129. The van der Waals surface area contributed by atoms with E-state index >= 15 is 0 Å². The lowest BCUT2D eigenvalue weighted by atomic mass is 9.81. The zero-order chi connectivity index (χ0) is 12.5. The third-order valence-electron chi connectivity index (χ3n) is 2.74. The highest BCUT2D eigenvalue weighted by atomic mass is 16.5. The van der Waals surface area contributed by atoms with Gasteiger partial charge >= 0.3 is 0 Å². The van der Waals surface area contributed by atoms with Gasteiger partial charge in [-0.25, -0.2) is 0 Å². The van der Waals surface area contributed by atoms with Gasteiger partial charge in [0.2, 0.25) is 5.91 Å². The van der Waals surface area contributed by atoms with Crippen molar-refractivity contribution in [1.29, 1.82) is 0 Å². The maximum atomic E-state index is 11.8. The Labute approximate surface area is 101 Å². The molecular formula is C12H19N3O2. The zero-order valence-corrected chi connectivity index (χ0v) is 10.5. The molecule has 17 heavy (non-hydrogen) atoms. The van der Waals surface area contributed by atoms with Crippen LogP contribution in [0.4, 0.5) is 5.82 Å². The SMILES string of the molecule is CC(C)(C)OC1CC(C(=O)Nc2ccn[nH]2)C1. The highest BCUT2D eigenvalue weighted by Crippen LogP contribution is 2.33. The Bertz CT molecular complexity index is 375. The molecule has 1 heterocycles. The van der Waals surface area contributed by atoms with Crippen LogP contribution in [0.5, 0.6) is 0 Å². The number of nitrogens with zero attached hydrogens (tertiary/aromatic N) is 1. The zero-order valence-electron chi connectivity index (χ0n) is 10.5. The lowest BCUT2D eigenvalue weighted by Crippen LogP contribution is -2.42. The van der Waals surface area contributed by atoms with Crippen molar-refractivity contribution in [3.8, 4) is 0 Å². The second kappa shape index (κ2) is 4.49. The molecule has 1 amide bonds. The third kappa shape index (κ3) is 3.30. The van der Waals surface area contributed by atoms with Crippen LogP contribution >= 0.6 is 0 Å². The molecule has 2 rings (SSSR count). The summed E-state index contributed by atoms with van der Waals surface area (Å²) in [5.41, 5.74) is -0.129. The summed E-state index contributed by atoms with van der Waals surface area (Å²) in [6, 6.07) is 1.74. The number of aromatic amines is 1. The molecular weight excluding hydrogens is 218 g/mol. The molecule has 1 aliphatic rings. The highest BCUT2D eigenvalue weighted by Gasteiger charge is 2.37. The van der Waals surface area contributed by atoms with Crippen LogP contribution in [-0.2, 0) is 9.53 Å². The van der Waals surface area contributed by atoms with Gasteiger partial charge in [0.05, 0.1) is 17.9 Å². The molecule has 1 aliphatic carbocycles. The molecule has 0 unspecified atom stereocenters. The molecule has 0 aliphatic heterocycles. The maximum Gasteiger partial charge on any atom is 0.228 e. The number of H-pyrrole nitrogens is 1. The normalized spacial score (nSPS) is 24.2. The second-order valence-electron chi connectivity index (χ2n) is 5.48. The van der Waals surface area contributed by atoms with Crippen molar-refractivity contribution in [2.75, 3.05) is 5.32 Å². The molecule has 0 atom stereocenters. The summed E-state index contributed by atoms with van der Waals surface area (Å²) >= 11 is 0. The topological polar surface area (TPSA) is 67.0 Å². The van der Waals surface area contributed by atoms with Crippen LogP contribution in [0.1, 0.15) is 33.6 Å². The second-order valence-corrected chi connectivity index (χ2v) is 5.48. The van der Waals surface area contributed by atoms with Gasteiger partial charge in [-0.1, -0.05) is 0 Å². The van der Waals surface area contributed by atoms with Crippen LogP contribution in [0.15, 0.2) is 12.3 Å². The van der Waals surface area contributed by atoms with Gasteiger partial charge in [-0.15, -0.1) is 0 Å². The van der Waals surface area contributed by atoms with E-state index in [0.29, 0.717) is 5.82 Å². The van der Waals surface area contributed by atoms with E-state index in [-0.39, 0.29) is 23.5 Å². The number of hydrogen-bond donors (Lipinski definition) is 2. The van der Waals surface area contributed by atoms with Crippen LogP contribution < -0.4 is 5.32 Å². The number of aromatic nitrogens is 2. The van der Waals surface area contributed by atoms with E-state index < -0.39 is 0 Å². The number of carbonyl (C=O) groups is 1. The predicted octanol–water partition coefficient (Wildman–Crippen LogP) is 1.94. The minimum absolute atomic E-state index is 0.0445. The van der Waals surface area contributed by atoms with Crippen molar-refractivity contribution in [1.82, 2.24) is 10.2 Å². The van der Waals surface area contributed by atoms with Gasteiger partial charge in [0.25, 0.3) is 0 Å². The quantitative estimate of drug-likeness (QED) is 0.844. The first-order valence-corrected chi connectivity index (χ1v) is 5.92. The fourth-order valence-corrected chi connectivity index (χ4v) is 1.94. The van der Waals surface area contributed by atoms with Gasteiger partial charge in [-0.2, -0.15) is 5.10 Å². The van der Waals surface area contributed by atoms with E-state index in [0.717, 1.165) is 12.8 Å². The van der Waals surface area contributed by atoms with Crippen LogP contribution in [0.3, 0.4) is 0 Å². The van der Waals surface area contributed by atoms with Gasteiger partial charge in [0.15, 0.2) is 0 Å². The number of nitrogens with one attached hydrogen (secondary N) is 2. The third-order valence-corrected chi connectivity index (χ3v) is 2.74. The van der Waals surface area contributed by atoms with Gasteiger partial charge < -0.3 is 10.1 Å². The molecule has 1 aromatic heterocycles. The van der Waals surface area contributed by atoms with Crippen molar-refractivity contribution in [3.05, 3.63) is 12.3 Å². The van der Waals surface area contributed by atoms with E-state index in [9.17, 15) is 4.79 Å². The summed E-state index contributed by atoms with van der Waals surface area (Å²) in [5.74, 6) is 0.754. The summed E-state index contributed by atoms with van der Waals surface area (Å²) in [6.07, 6.45) is 3.43. The number of anilines is 1. The summed E-state index contributed by atoms with van der Waals surface area (Å²) < 4.78 is 5.79. The van der Waals surface area contributed by atoms with E-state index in [1.54, 1.807) is 12.3 Å². The monoisotopic (exact) mass is 237 g/mol. The molecule has 0 radical (unpaired) electrons. The fourth-order valence-electron chi connectivity index (χ4n) is 1.94. The molecule has 0 bridgehead atoms. The van der Waals surface area contributed by atoms with Crippen LogP contribution in [-0.4, -0.2) is 27.8 Å². The Balaban J connectivity index is 1.74. The highest BCUT2D eigenvalue weighted by molar-refractivity contribution is 5.92. The maximum absolute atomic E-state index is 11.8. The van der Waals surface area contributed by atoms with Crippen molar-refractivity contribution < 1.29 is 9.53 Å². The molecule has 0 spiro atoms. The van der Waals surface area contributed by atoms with Gasteiger partial charge in [-0.3, -0.25) is 9.89 Å². The Morgan fingerprint density at radius 2 is 2.24 bits per heavy atom. The standard InChI is InChI=1S/C12H19N3O2/c1-12(2,3)17-9-6-8(7-9)11(16)14-10-4-5-13-15-10/h4-5,8-9H,6-7H2,1-3H3,(H2,13,14,15,16). The van der Waals surface area contributed by atoms with Crippen LogP contribution in [0.2, 0.25) is 0 Å². The molecule has 0 aromatic carbocycles. The molecule has 1 fully saturated rings. The lowest BCUT2D eigenvalue weighted by molar-refractivity contribution is -0.140.